The van der Waals surface area contributed by atoms with Crippen LogP contribution in [0.1, 0.15) is 6.92 Å². The monoisotopic (exact) mass is 223 g/mol. The fourth-order valence-corrected chi connectivity index (χ4v) is 1.46. The number of aromatic nitrogens is 3. The summed E-state index contributed by atoms with van der Waals surface area (Å²) < 4.78 is 2.88. The predicted molar refractivity (Wildman–Crippen MR) is 58.5 cm³/mol. The van der Waals surface area contributed by atoms with Crippen LogP contribution in [0.2, 0.25) is 5.02 Å². The van der Waals surface area contributed by atoms with Crippen LogP contribution >= 0.6 is 11.6 Å². The Hall–Kier alpha value is -1.55. The van der Waals surface area contributed by atoms with Crippen molar-refractivity contribution in [2.75, 3.05) is 0 Å². The molecule has 0 radical (unpaired) electrons. The molecule has 0 atom stereocenters. The zero-order valence-corrected chi connectivity index (χ0v) is 8.98. The lowest BCUT2D eigenvalue weighted by Crippen LogP contribution is -2.22. The Morgan fingerprint density at radius 1 is 1.33 bits per heavy atom. The van der Waals surface area contributed by atoms with E-state index in [1.165, 1.54) is 15.6 Å². The molecule has 1 aromatic carbocycles. The number of rotatable bonds is 2. The van der Waals surface area contributed by atoms with Crippen LogP contribution in [0.5, 0.6) is 0 Å². The molecule has 0 fully saturated rings. The Bertz CT molecular complexity index is 512. The Balaban J connectivity index is 2.50. The fraction of sp³-hybridized carbons (Fsp3) is 0.200. The first-order valence-electron chi connectivity index (χ1n) is 4.63. The predicted octanol–water partition coefficient (Wildman–Crippen LogP) is 1.71. The zero-order chi connectivity index (χ0) is 10.8. The lowest BCUT2D eigenvalue weighted by molar-refractivity contribution is 0.629. The average molecular weight is 224 g/mol. The molecule has 0 unspecified atom stereocenters. The highest BCUT2D eigenvalue weighted by molar-refractivity contribution is 6.30. The summed E-state index contributed by atoms with van der Waals surface area (Å²) in [5, 5.41) is 4.62. The summed E-state index contributed by atoms with van der Waals surface area (Å²) >= 11 is 5.76. The molecule has 2 rings (SSSR count). The summed E-state index contributed by atoms with van der Waals surface area (Å²) in [7, 11) is 0. The van der Waals surface area contributed by atoms with Crippen molar-refractivity contribution in [1.82, 2.24) is 14.3 Å². The molecule has 4 nitrogen and oxygen atoms in total. The number of hydrogen-bond donors (Lipinski definition) is 0. The zero-order valence-electron chi connectivity index (χ0n) is 8.22. The maximum atomic E-state index is 11.7. The van der Waals surface area contributed by atoms with Crippen LogP contribution in [0.3, 0.4) is 0 Å². The first-order valence-corrected chi connectivity index (χ1v) is 5.00. The first-order chi connectivity index (χ1) is 7.22. The number of nitrogens with zero attached hydrogens (tertiary/aromatic N) is 3. The van der Waals surface area contributed by atoms with Gasteiger partial charge >= 0.3 is 5.69 Å². The first kappa shape index (κ1) is 9.98. The third kappa shape index (κ3) is 1.80. The highest BCUT2D eigenvalue weighted by Gasteiger charge is 2.04. The van der Waals surface area contributed by atoms with Crippen molar-refractivity contribution in [1.29, 1.82) is 0 Å². The van der Waals surface area contributed by atoms with E-state index in [0.717, 1.165) is 5.69 Å². The van der Waals surface area contributed by atoms with Gasteiger partial charge in [0.1, 0.15) is 6.33 Å². The van der Waals surface area contributed by atoms with Gasteiger partial charge in [0.2, 0.25) is 0 Å². The molecule has 0 N–H and O–H groups in total. The van der Waals surface area contributed by atoms with Crippen molar-refractivity contribution >= 4 is 11.6 Å². The molecule has 0 bridgehead atoms. The molecule has 0 aliphatic heterocycles. The Morgan fingerprint density at radius 3 is 2.53 bits per heavy atom. The van der Waals surface area contributed by atoms with E-state index in [4.69, 9.17) is 11.6 Å². The highest BCUT2D eigenvalue weighted by atomic mass is 35.5. The standard InChI is InChI=1S/C10H10ClN3O/c1-2-14-10(15)13(7-12-14)9-5-3-8(11)4-6-9/h3-7H,2H2,1H3. The summed E-state index contributed by atoms with van der Waals surface area (Å²) in [4.78, 5) is 11.7. The molecule has 0 amide bonds. The molecule has 0 aliphatic rings. The second kappa shape index (κ2) is 3.90. The molecule has 0 aliphatic carbocycles. The largest absolute Gasteiger partial charge is 0.350 e. The SMILES string of the molecule is CCn1ncn(-c2ccc(Cl)cc2)c1=O. The molecular weight excluding hydrogens is 214 g/mol. The summed E-state index contributed by atoms with van der Waals surface area (Å²) in [6.45, 7) is 2.44. The van der Waals surface area contributed by atoms with E-state index in [1.807, 2.05) is 6.92 Å². The van der Waals surface area contributed by atoms with Gasteiger partial charge in [0.25, 0.3) is 0 Å². The van der Waals surface area contributed by atoms with E-state index >= 15 is 0 Å². The van der Waals surface area contributed by atoms with Crippen LogP contribution in [0.15, 0.2) is 35.4 Å². The molecule has 5 heteroatoms. The third-order valence-corrected chi connectivity index (χ3v) is 2.39. The second-order valence-corrected chi connectivity index (χ2v) is 3.51. The normalized spacial score (nSPS) is 10.5. The quantitative estimate of drug-likeness (QED) is 0.778. The van der Waals surface area contributed by atoms with Crippen LogP contribution in [0.4, 0.5) is 0 Å². The van der Waals surface area contributed by atoms with Crippen LogP contribution in [-0.2, 0) is 6.54 Å². The maximum Gasteiger partial charge on any atom is 0.350 e. The molecule has 1 heterocycles. The Labute approximate surface area is 91.7 Å². The van der Waals surface area contributed by atoms with E-state index in [2.05, 4.69) is 5.10 Å². The van der Waals surface area contributed by atoms with E-state index in [9.17, 15) is 4.79 Å². The van der Waals surface area contributed by atoms with Gasteiger partial charge in [-0.25, -0.2) is 14.0 Å². The molecule has 78 valence electrons. The van der Waals surface area contributed by atoms with E-state index in [1.54, 1.807) is 24.3 Å². The minimum atomic E-state index is -0.139. The van der Waals surface area contributed by atoms with Gasteiger partial charge in [-0.2, -0.15) is 5.10 Å². The Kier molecular flexibility index (Phi) is 2.60. The molecule has 0 saturated carbocycles. The van der Waals surface area contributed by atoms with Crippen molar-refractivity contribution in [2.24, 2.45) is 0 Å². The van der Waals surface area contributed by atoms with Crippen molar-refractivity contribution in [2.45, 2.75) is 13.5 Å². The van der Waals surface area contributed by atoms with Gasteiger partial charge in [0.15, 0.2) is 0 Å². The number of hydrogen-bond acceptors (Lipinski definition) is 2. The highest BCUT2D eigenvalue weighted by Crippen LogP contribution is 2.11. The third-order valence-electron chi connectivity index (χ3n) is 2.14. The molecular formula is C10H10ClN3O. The molecule has 0 spiro atoms. The van der Waals surface area contributed by atoms with Crippen LogP contribution in [0.25, 0.3) is 5.69 Å². The van der Waals surface area contributed by atoms with Gasteiger partial charge in [-0.05, 0) is 31.2 Å². The van der Waals surface area contributed by atoms with Crippen molar-refractivity contribution in [3.05, 3.63) is 46.1 Å². The Morgan fingerprint density at radius 2 is 2.00 bits per heavy atom. The maximum absolute atomic E-state index is 11.7. The van der Waals surface area contributed by atoms with E-state index < -0.39 is 0 Å². The van der Waals surface area contributed by atoms with E-state index in [-0.39, 0.29) is 5.69 Å². The van der Waals surface area contributed by atoms with Crippen LogP contribution in [0, 0.1) is 0 Å². The second-order valence-electron chi connectivity index (χ2n) is 3.08. The number of aryl methyl sites for hydroxylation is 1. The summed E-state index contributed by atoms with van der Waals surface area (Å²) in [6.07, 6.45) is 1.51. The minimum absolute atomic E-state index is 0.139. The summed E-state index contributed by atoms with van der Waals surface area (Å²) in [5.74, 6) is 0. The van der Waals surface area contributed by atoms with Gasteiger partial charge in [0, 0.05) is 11.6 Å². The lowest BCUT2D eigenvalue weighted by Gasteiger charge is -1.99. The summed E-state index contributed by atoms with van der Waals surface area (Å²) in [5.41, 5.74) is 0.629. The van der Waals surface area contributed by atoms with Gasteiger partial charge in [-0.3, -0.25) is 0 Å². The van der Waals surface area contributed by atoms with Crippen molar-refractivity contribution in [3.63, 3.8) is 0 Å². The smallest absolute Gasteiger partial charge is 0.250 e. The molecule has 15 heavy (non-hydrogen) atoms. The lowest BCUT2D eigenvalue weighted by atomic mass is 10.3. The van der Waals surface area contributed by atoms with Gasteiger partial charge < -0.3 is 0 Å². The van der Waals surface area contributed by atoms with Gasteiger partial charge in [-0.15, -0.1) is 0 Å². The summed E-state index contributed by atoms with van der Waals surface area (Å²) in [6, 6.07) is 7.05. The topological polar surface area (TPSA) is 39.8 Å². The van der Waals surface area contributed by atoms with E-state index in [0.29, 0.717) is 11.6 Å². The van der Waals surface area contributed by atoms with Gasteiger partial charge in [0.05, 0.1) is 5.69 Å². The number of benzene rings is 1. The van der Waals surface area contributed by atoms with Crippen LogP contribution in [-0.4, -0.2) is 14.3 Å². The van der Waals surface area contributed by atoms with Crippen LogP contribution < -0.4 is 5.69 Å². The average Bonchev–Trinajstić information content (AvgIpc) is 2.61. The fourth-order valence-electron chi connectivity index (χ4n) is 1.33. The van der Waals surface area contributed by atoms with Gasteiger partial charge in [-0.1, -0.05) is 11.6 Å². The molecule has 2 aromatic rings. The number of halogens is 1. The minimum Gasteiger partial charge on any atom is -0.250 e. The van der Waals surface area contributed by atoms with Crippen molar-refractivity contribution in [3.8, 4) is 5.69 Å². The molecule has 1 aromatic heterocycles. The molecule has 0 saturated heterocycles. The van der Waals surface area contributed by atoms with Crippen molar-refractivity contribution < 1.29 is 0 Å².